The summed E-state index contributed by atoms with van der Waals surface area (Å²) in [6, 6.07) is 3.61. The molecule has 1 aliphatic heterocycles. The molecule has 0 spiro atoms. The van der Waals surface area contributed by atoms with Gasteiger partial charge in [-0.1, -0.05) is 6.92 Å². The monoisotopic (exact) mass is 458 g/mol. The maximum absolute atomic E-state index is 13.4. The minimum Gasteiger partial charge on any atom is -0.453 e. The van der Waals surface area contributed by atoms with Crippen LogP contribution in [0.3, 0.4) is 0 Å². The molecule has 3 heterocycles. The molecule has 2 aromatic rings. The SMILES string of the molecule is CCOC1CN(C(=O)OC)CC1Nc1c(CC)nc(-c2ccc(N(C)C)nc2C)n(C)c1=O. The first-order chi connectivity index (χ1) is 15.7. The molecule has 0 radical (unpaired) electrons. The van der Waals surface area contributed by atoms with E-state index in [4.69, 9.17) is 14.5 Å². The highest BCUT2D eigenvalue weighted by atomic mass is 16.5. The van der Waals surface area contributed by atoms with E-state index in [2.05, 4.69) is 10.3 Å². The molecule has 1 saturated heterocycles. The average molecular weight is 459 g/mol. The summed E-state index contributed by atoms with van der Waals surface area (Å²) in [5.74, 6) is 1.41. The fourth-order valence-electron chi connectivity index (χ4n) is 4.08. The van der Waals surface area contributed by atoms with Gasteiger partial charge in [-0.25, -0.2) is 14.8 Å². The average Bonchev–Trinajstić information content (AvgIpc) is 3.19. The third-order valence-electron chi connectivity index (χ3n) is 5.88. The van der Waals surface area contributed by atoms with Crippen molar-refractivity contribution in [3.63, 3.8) is 0 Å². The first kappa shape index (κ1) is 24.5. The molecule has 10 nitrogen and oxygen atoms in total. The number of rotatable bonds is 7. The van der Waals surface area contributed by atoms with Crippen molar-refractivity contribution in [3.8, 4) is 11.4 Å². The van der Waals surface area contributed by atoms with E-state index in [1.165, 1.54) is 7.11 Å². The van der Waals surface area contributed by atoms with Gasteiger partial charge in [-0.15, -0.1) is 0 Å². The fourth-order valence-corrected chi connectivity index (χ4v) is 4.08. The first-order valence-electron chi connectivity index (χ1n) is 11.2. The summed E-state index contributed by atoms with van der Waals surface area (Å²) in [5.41, 5.74) is 2.52. The number of ether oxygens (including phenoxy) is 2. The number of methoxy groups -OCH3 is 1. The maximum Gasteiger partial charge on any atom is 0.409 e. The smallest absolute Gasteiger partial charge is 0.409 e. The molecule has 1 amide bonds. The van der Waals surface area contributed by atoms with Crippen LogP contribution in [-0.4, -0.2) is 78.6 Å². The van der Waals surface area contributed by atoms with E-state index < -0.39 is 6.09 Å². The number of carbonyl (C=O) groups excluding carboxylic acids is 1. The van der Waals surface area contributed by atoms with Crippen molar-refractivity contribution in [2.45, 2.75) is 39.3 Å². The Morgan fingerprint density at radius 3 is 2.55 bits per heavy atom. The van der Waals surface area contributed by atoms with E-state index in [1.807, 2.05) is 51.9 Å². The largest absolute Gasteiger partial charge is 0.453 e. The van der Waals surface area contributed by atoms with Crippen molar-refractivity contribution in [1.82, 2.24) is 19.4 Å². The Morgan fingerprint density at radius 1 is 1.24 bits per heavy atom. The van der Waals surface area contributed by atoms with E-state index in [1.54, 1.807) is 16.5 Å². The highest BCUT2D eigenvalue weighted by molar-refractivity contribution is 5.68. The lowest BCUT2D eigenvalue weighted by Gasteiger charge is -2.22. The molecule has 1 aliphatic rings. The van der Waals surface area contributed by atoms with Gasteiger partial charge < -0.3 is 24.6 Å². The topological polar surface area (TPSA) is 102 Å². The van der Waals surface area contributed by atoms with Crippen molar-refractivity contribution in [3.05, 3.63) is 33.9 Å². The van der Waals surface area contributed by atoms with Crippen LogP contribution >= 0.6 is 0 Å². The lowest BCUT2D eigenvalue weighted by atomic mass is 10.1. The van der Waals surface area contributed by atoms with Gasteiger partial charge in [0.1, 0.15) is 17.3 Å². The zero-order valence-corrected chi connectivity index (χ0v) is 20.5. The number of nitrogens with one attached hydrogen (secondary N) is 1. The lowest BCUT2D eigenvalue weighted by molar-refractivity contribution is 0.0614. The summed E-state index contributed by atoms with van der Waals surface area (Å²) >= 11 is 0. The van der Waals surface area contributed by atoms with Gasteiger partial charge in [-0.3, -0.25) is 9.36 Å². The lowest BCUT2D eigenvalue weighted by Crippen LogP contribution is -2.38. The van der Waals surface area contributed by atoms with Gasteiger partial charge in [0, 0.05) is 39.9 Å². The van der Waals surface area contributed by atoms with E-state index in [0.29, 0.717) is 43.3 Å². The minimum absolute atomic E-state index is 0.181. The summed E-state index contributed by atoms with van der Waals surface area (Å²) in [4.78, 5) is 38.5. The number of nitrogens with zero attached hydrogens (tertiary/aromatic N) is 5. The summed E-state index contributed by atoms with van der Waals surface area (Å²) in [6.45, 7) is 7.06. The van der Waals surface area contributed by atoms with Crippen molar-refractivity contribution >= 4 is 17.6 Å². The Labute approximate surface area is 194 Å². The van der Waals surface area contributed by atoms with Crippen molar-refractivity contribution in [2.24, 2.45) is 7.05 Å². The van der Waals surface area contributed by atoms with Crippen LogP contribution in [-0.2, 0) is 22.9 Å². The zero-order valence-electron chi connectivity index (χ0n) is 20.5. The predicted molar refractivity (Wildman–Crippen MR) is 128 cm³/mol. The van der Waals surface area contributed by atoms with Crippen LogP contribution in [0.25, 0.3) is 11.4 Å². The second kappa shape index (κ2) is 10.2. The first-order valence-corrected chi connectivity index (χ1v) is 11.2. The second-order valence-corrected chi connectivity index (χ2v) is 8.29. The molecule has 2 aromatic heterocycles. The summed E-state index contributed by atoms with van der Waals surface area (Å²) in [7, 11) is 6.94. The second-order valence-electron chi connectivity index (χ2n) is 8.29. The van der Waals surface area contributed by atoms with Gasteiger partial charge in [0.2, 0.25) is 0 Å². The Bertz CT molecular complexity index is 1070. The van der Waals surface area contributed by atoms with E-state index in [0.717, 1.165) is 17.1 Å². The summed E-state index contributed by atoms with van der Waals surface area (Å²) in [5, 5.41) is 3.34. The minimum atomic E-state index is -0.412. The third-order valence-corrected chi connectivity index (χ3v) is 5.88. The van der Waals surface area contributed by atoms with E-state index in [-0.39, 0.29) is 17.7 Å². The van der Waals surface area contributed by atoms with E-state index in [9.17, 15) is 9.59 Å². The van der Waals surface area contributed by atoms with Crippen molar-refractivity contribution in [2.75, 3.05) is 51.1 Å². The van der Waals surface area contributed by atoms with Crippen LogP contribution in [0.4, 0.5) is 16.3 Å². The highest BCUT2D eigenvalue weighted by Crippen LogP contribution is 2.25. The Balaban J connectivity index is 1.99. The molecule has 1 fully saturated rings. The molecule has 180 valence electrons. The number of aromatic nitrogens is 3. The molecular weight excluding hydrogens is 424 g/mol. The fraction of sp³-hybridized carbons (Fsp3) is 0.565. The van der Waals surface area contributed by atoms with Crippen LogP contribution in [0.5, 0.6) is 0 Å². The van der Waals surface area contributed by atoms with Crippen molar-refractivity contribution < 1.29 is 14.3 Å². The number of carbonyl (C=O) groups is 1. The number of pyridine rings is 1. The Hall–Kier alpha value is -3.14. The van der Waals surface area contributed by atoms with Gasteiger partial charge >= 0.3 is 6.09 Å². The van der Waals surface area contributed by atoms with Gasteiger partial charge in [0.15, 0.2) is 0 Å². The van der Waals surface area contributed by atoms with E-state index >= 15 is 0 Å². The quantitative estimate of drug-likeness (QED) is 0.673. The Kier molecular flexibility index (Phi) is 7.57. The zero-order chi connectivity index (χ0) is 24.3. The van der Waals surface area contributed by atoms with Crippen LogP contribution in [0.1, 0.15) is 25.2 Å². The van der Waals surface area contributed by atoms with Gasteiger partial charge in [-0.05, 0) is 32.4 Å². The number of hydrogen-bond donors (Lipinski definition) is 1. The van der Waals surface area contributed by atoms with Gasteiger partial charge in [-0.2, -0.15) is 0 Å². The number of anilines is 2. The molecule has 2 unspecified atom stereocenters. The molecule has 1 N–H and O–H groups in total. The number of amides is 1. The van der Waals surface area contributed by atoms with Crippen LogP contribution in [0, 0.1) is 6.92 Å². The van der Waals surface area contributed by atoms with Crippen LogP contribution in [0.15, 0.2) is 16.9 Å². The number of aryl methyl sites for hydroxylation is 2. The molecule has 0 aliphatic carbocycles. The molecule has 0 saturated carbocycles. The normalized spacial score (nSPS) is 17.8. The maximum atomic E-state index is 13.4. The number of hydrogen-bond acceptors (Lipinski definition) is 8. The standard InChI is InChI=1S/C23H34N6O4/c1-8-16-20(25-17-12-29(23(31)32-7)13-18(17)33-9-2)22(30)28(6)21(26-16)15-10-11-19(27(4)5)24-14(15)3/h10-11,17-18,25H,8-9,12-13H2,1-7H3. The molecule has 2 atom stereocenters. The molecular formula is C23H34N6O4. The molecule has 33 heavy (non-hydrogen) atoms. The van der Waals surface area contributed by atoms with Crippen LogP contribution in [0.2, 0.25) is 0 Å². The molecule has 3 rings (SSSR count). The third kappa shape index (κ3) is 4.95. The molecule has 0 bridgehead atoms. The van der Waals surface area contributed by atoms with Gasteiger partial charge in [0.25, 0.3) is 5.56 Å². The van der Waals surface area contributed by atoms with Gasteiger partial charge in [0.05, 0.1) is 37.2 Å². The van der Waals surface area contributed by atoms with Crippen molar-refractivity contribution in [1.29, 1.82) is 0 Å². The van der Waals surface area contributed by atoms with Crippen LogP contribution < -0.4 is 15.8 Å². The highest BCUT2D eigenvalue weighted by Gasteiger charge is 2.37. The summed E-state index contributed by atoms with van der Waals surface area (Å²) in [6.07, 6.45) is -0.0983. The predicted octanol–water partition coefficient (Wildman–Crippen LogP) is 2.05. The Morgan fingerprint density at radius 2 is 1.97 bits per heavy atom. The number of likely N-dealkylation sites (tertiary alicyclic amines) is 1. The summed E-state index contributed by atoms with van der Waals surface area (Å²) < 4.78 is 12.2. The molecule has 10 heteroatoms. The molecule has 0 aromatic carbocycles.